The van der Waals surface area contributed by atoms with Gasteiger partial charge in [0.25, 0.3) is 5.91 Å². The molecule has 2 aliphatic rings. The van der Waals surface area contributed by atoms with Gasteiger partial charge in [-0.15, -0.1) is 11.8 Å². The second kappa shape index (κ2) is 12.4. The molecule has 2 aromatic rings. The molecule has 6 heteroatoms. The van der Waals surface area contributed by atoms with E-state index in [2.05, 4.69) is 46.7 Å². The molecule has 0 radical (unpaired) electrons. The molecule has 1 aliphatic carbocycles. The van der Waals surface area contributed by atoms with Crippen molar-refractivity contribution in [1.82, 2.24) is 15.5 Å². The topological polar surface area (TPSA) is 61.4 Å². The smallest absolute Gasteiger partial charge is 0.252 e. The van der Waals surface area contributed by atoms with Gasteiger partial charge < -0.3 is 10.6 Å². The maximum Gasteiger partial charge on any atom is 0.252 e. The van der Waals surface area contributed by atoms with E-state index in [1.165, 1.54) is 49.4 Å². The average Bonchev–Trinajstić information content (AvgIpc) is 3.35. The minimum absolute atomic E-state index is 0.0483. The quantitative estimate of drug-likeness (QED) is 0.495. The van der Waals surface area contributed by atoms with Gasteiger partial charge in [-0.2, -0.15) is 0 Å². The van der Waals surface area contributed by atoms with Crippen molar-refractivity contribution in [2.45, 2.75) is 62.4 Å². The second-order valence-electron chi connectivity index (χ2n) is 9.63. The summed E-state index contributed by atoms with van der Waals surface area (Å²) in [5.74, 6) is 0.955. The van der Waals surface area contributed by atoms with Crippen LogP contribution < -0.4 is 10.6 Å². The van der Waals surface area contributed by atoms with Crippen molar-refractivity contribution in [2.75, 3.05) is 25.4 Å². The number of nitrogens with one attached hydrogen (secondary N) is 2. The number of likely N-dealkylation sites (tertiary alicyclic amines) is 1. The van der Waals surface area contributed by atoms with Crippen molar-refractivity contribution in [1.29, 1.82) is 0 Å². The zero-order valence-corrected chi connectivity index (χ0v) is 21.0. The standard InChI is InChI=1S/C28H37N3O2S/c1-21(23-12-6-3-7-13-23)31-17-16-24(19-31)30-28(33)25-14-8-9-15-26(25)34-20-27(32)29-18-22-10-4-2-5-11-22/h3,6-9,12-15,21-22,24H,2,4-5,10-11,16-20H2,1H3,(H,29,32)(H,30,33). The van der Waals surface area contributed by atoms with Gasteiger partial charge >= 0.3 is 0 Å². The summed E-state index contributed by atoms with van der Waals surface area (Å²) in [7, 11) is 0. The fraction of sp³-hybridized carbons (Fsp3) is 0.500. The summed E-state index contributed by atoms with van der Waals surface area (Å²) in [5.41, 5.74) is 1.96. The molecule has 4 rings (SSSR count). The Morgan fingerprint density at radius 1 is 1.00 bits per heavy atom. The van der Waals surface area contributed by atoms with E-state index in [-0.39, 0.29) is 17.9 Å². The molecule has 0 aromatic heterocycles. The molecule has 1 saturated heterocycles. The number of carbonyl (C=O) groups is 2. The highest BCUT2D eigenvalue weighted by atomic mass is 32.2. The molecule has 1 heterocycles. The summed E-state index contributed by atoms with van der Waals surface area (Å²) in [6, 6.07) is 18.6. The van der Waals surface area contributed by atoms with E-state index in [0.29, 0.717) is 23.3 Å². The molecular weight excluding hydrogens is 442 g/mol. The van der Waals surface area contributed by atoms with Crippen LogP contribution in [0.25, 0.3) is 0 Å². The first-order valence-electron chi connectivity index (χ1n) is 12.7. The SMILES string of the molecule is CC(c1ccccc1)N1CCC(NC(=O)c2ccccc2SCC(=O)NCC2CCCCC2)C1. The average molecular weight is 480 g/mol. The van der Waals surface area contributed by atoms with E-state index in [1.54, 1.807) is 0 Å². The Balaban J connectivity index is 1.26. The lowest BCUT2D eigenvalue weighted by molar-refractivity contribution is -0.118. The highest BCUT2D eigenvalue weighted by Gasteiger charge is 2.28. The first-order chi connectivity index (χ1) is 16.6. The molecule has 5 nitrogen and oxygen atoms in total. The predicted octanol–water partition coefficient (Wildman–Crippen LogP) is 5.04. The monoisotopic (exact) mass is 479 g/mol. The summed E-state index contributed by atoms with van der Waals surface area (Å²) in [6.07, 6.45) is 7.27. The van der Waals surface area contributed by atoms with E-state index in [0.717, 1.165) is 31.0 Å². The van der Waals surface area contributed by atoms with Crippen LogP contribution >= 0.6 is 11.8 Å². The Morgan fingerprint density at radius 2 is 1.74 bits per heavy atom. The molecule has 1 aliphatic heterocycles. The zero-order valence-electron chi connectivity index (χ0n) is 20.2. The van der Waals surface area contributed by atoms with E-state index in [4.69, 9.17) is 0 Å². The molecule has 0 bridgehead atoms. The number of amides is 2. The Hall–Kier alpha value is -2.31. The van der Waals surface area contributed by atoms with Crippen molar-refractivity contribution in [3.8, 4) is 0 Å². The lowest BCUT2D eigenvalue weighted by Crippen LogP contribution is -2.37. The minimum Gasteiger partial charge on any atom is -0.355 e. The molecule has 2 unspecified atom stereocenters. The molecule has 2 amide bonds. The summed E-state index contributed by atoms with van der Waals surface area (Å²) in [5, 5.41) is 6.33. The molecule has 34 heavy (non-hydrogen) atoms. The largest absolute Gasteiger partial charge is 0.355 e. The van der Waals surface area contributed by atoms with Gasteiger partial charge in [0, 0.05) is 36.6 Å². The lowest BCUT2D eigenvalue weighted by Gasteiger charge is -2.25. The van der Waals surface area contributed by atoms with Crippen molar-refractivity contribution in [3.63, 3.8) is 0 Å². The van der Waals surface area contributed by atoms with Crippen molar-refractivity contribution < 1.29 is 9.59 Å². The third-order valence-corrected chi connectivity index (χ3v) is 8.26. The van der Waals surface area contributed by atoms with Gasteiger partial charge in [-0.1, -0.05) is 61.7 Å². The normalized spacial score (nSPS) is 20.1. The maximum absolute atomic E-state index is 13.1. The van der Waals surface area contributed by atoms with Crippen LogP contribution in [0.3, 0.4) is 0 Å². The third-order valence-electron chi connectivity index (χ3n) is 7.19. The fourth-order valence-corrected chi connectivity index (χ4v) is 5.97. The van der Waals surface area contributed by atoms with Crippen LogP contribution in [0.2, 0.25) is 0 Å². The first kappa shape index (κ1) is 24.8. The second-order valence-corrected chi connectivity index (χ2v) is 10.7. The molecule has 1 saturated carbocycles. The summed E-state index contributed by atoms with van der Waals surface area (Å²) >= 11 is 1.45. The van der Waals surface area contributed by atoms with Crippen LogP contribution in [0, 0.1) is 5.92 Å². The van der Waals surface area contributed by atoms with Gasteiger partial charge in [0.1, 0.15) is 0 Å². The van der Waals surface area contributed by atoms with Crippen LogP contribution in [0.4, 0.5) is 0 Å². The predicted molar refractivity (Wildman–Crippen MR) is 139 cm³/mol. The van der Waals surface area contributed by atoms with Crippen LogP contribution in [-0.4, -0.2) is 48.1 Å². The van der Waals surface area contributed by atoms with Gasteiger partial charge in [0.2, 0.25) is 5.91 Å². The Labute approximate surface area is 208 Å². The van der Waals surface area contributed by atoms with Gasteiger partial charge in [-0.25, -0.2) is 0 Å². The zero-order chi connectivity index (χ0) is 23.8. The highest BCUT2D eigenvalue weighted by Crippen LogP contribution is 2.26. The molecule has 2 fully saturated rings. The lowest BCUT2D eigenvalue weighted by atomic mass is 9.89. The fourth-order valence-electron chi connectivity index (χ4n) is 5.09. The Bertz CT molecular complexity index is 946. The van der Waals surface area contributed by atoms with Gasteiger partial charge in [-0.3, -0.25) is 14.5 Å². The number of hydrogen-bond acceptors (Lipinski definition) is 4. The number of carbonyl (C=O) groups excluding carboxylic acids is 2. The van der Waals surface area contributed by atoms with Crippen LogP contribution in [0.1, 0.15) is 67.4 Å². The Morgan fingerprint density at radius 3 is 2.53 bits per heavy atom. The maximum atomic E-state index is 13.1. The number of hydrogen-bond donors (Lipinski definition) is 2. The Kier molecular flexibility index (Phi) is 9.05. The van der Waals surface area contributed by atoms with E-state index < -0.39 is 0 Å². The summed E-state index contributed by atoms with van der Waals surface area (Å²) in [6.45, 7) is 4.82. The van der Waals surface area contributed by atoms with Crippen molar-refractivity contribution >= 4 is 23.6 Å². The van der Waals surface area contributed by atoms with Crippen LogP contribution in [0.15, 0.2) is 59.5 Å². The molecule has 2 aromatic carbocycles. The minimum atomic E-state index is -0.0510. The number of rotatable bonds is 9. The van der Waals surface area contributed by atoms with Crippen molar-refractivity contribution in [2.24, 2.45) is 5.92 Å². The van der Waals surface area contributed by atoms with Crippen LogP contribution in [-0.2, 0) is 4.79 Å². The molecule has 2 N–H and O–H groups in total. The molecule has 182 valence electrons. The highest BCUT2D eigenvalue weighted by molar-refractivity contribution is 8.00. The van der Waals surface area contributed by atoms with E-state index >= 15 is 0 Å². The number of nitrogens with zero attached hydrogens (tertiary/aromatic N) is 1. The molecule has 2 atom stereocenters. The third kappa shape index (κ3) is 6.86. The van der Waals surface area contributed by atoms with Crippen LogP contribution in [0.5, 0.6) is 0 Å². The van der Waals surface area contributed by atoms with Crippen molar-refractivity contribution in [3.05, 3.63) is 65.7 Å². The first-order valence-corrected chi connectivity index (χ1v) is 13.7. The summed E-state index contributed by atoms with van der Waals surface area (Å²) < 4.78 is 0. The van der Waals surface area contributed by atoms with Gasteiger partial charge in [0.05, 0.1) is 11.3 Å². The van der Waals surface area contributed by atoms with Gasteiger partial charge in [-0.05, 0) is 49.8 Å². The van der Waals surface area contributed by atoms with Gasteiger partial charge in [0.15, 0.2) is 0 Å². The van der Waals surface area contributed by atoms with E-state index in [9.17, 15) is 9.59 Å². The number of thioether (sulfide) groups is 1. The number of benzene rings is 2. The van der Waals surface area contributed by atoms with E-state index in [1.807, 2.05) is 30.3 Å². The molecule has 0 spiro atoms. The summed E-state index contributed by atoms with van der Waals surface area (Å²) in [4.78, 5) is 28.8. The molecular formula is C28H37N3O2S.